The topological polar surface area (TPSA) is 38.1 Å². The van der Waals surface area contributed by atoms with E-state index in [1.165, 1.54) is 18.2 Å². The minimum Gasteiger partial charge on any atom is -0.391 e. The van der Waals surface area contributed by atoms with E-state index in [1.54, 1.807) is 0 Å². The number of aliphatic hydroxyl groups is 1. The van der Waals surface area contributed by atoms with Gasteiger partial charge in [-0.1, -0.05) is 23.7 Å². The van der Waals surface area contributed by atoms with Crippen molar-refractivity contribution in [3.8, 4) is 5.69 Å². The predicted octanol–water partition coefficient (Wildman–Crippen LogP) is 3.09. The van der Waals surface area contributed by atoms with Gasteiger partial charge in [0.1, 0.15) is 22.4 Å². The number of aromatic nitrogens is 2. The van der Waals surface area contributed by atoms with Crippen molar-refractivity contribution in [2.45, 2.75) is 13.0 Å². The third-order valence-corrected chi connectivity index (χ3v) is 2.79. The number of halogens is 4. The molecule has 0 saturated carbocycles. The lowest BCUT2D eigenvalue weighted by molar-refractivity contribution is 0.141. The lowest BCUT2D eigenvalue weighted by atomic mass is 10.2. The quantitative estimate of drug-likeness (QED) is 0.935. The molecule has 1 aromatic heterocycles. The van der Waals surface area contributed by atoms with E-state index < -0.39 is 24.5 Å². The Morgan fingerprint density at radius 1 is 1.33 bits per heavy atom. The number of hydrogen-bond acceptors (Lipinski definition) is 2. The van der Waals surface area contributed by atoms with Crippen LogP contribution < -0.4 is 0 Å². The highest BCUT2D eigenvalue weighted by molar-refractivity contribution is 6.30. The van der Waals surface area contributed by atoms with Gasteiger partial charge in [0, 0.05) is 5.56 Å². The first-order chi connectivity index (χ1) is 8.56. The molecule has 0 radical (unpaired) electrons. The first kappa shape index (κ1) is 12.9. The highest BCUT2D eigenvalue weighted by Crippen LogP contribution is 2.30. The van der Waals surface area contributed by atoms with Crippen molar-refractivity contribution in [3.05, 3.63) is 46.5 Å². The van der Waals surface area contributed by atoms with Crippen LogP contribution in [0.2, 0.25) is 5.15 Å². The van der Waals surface area contributed by atoms with Gasteiger partial charge in [-0.2, -0.15) is 5.10 Å². The SMILES string of the molecule is OCc1c(C(F)F)nn(-c2ccccc2F)c1Cl. The molecular formula is C11H8ClF3N2O. The Kier molecular flexibility index (Phi) is 3.58. The van der Waals surface area contributed by atoms with Crippen molar-refractivity contribution >= 4 is 11.6 Å². The molecule has 0 aliphatic carbocycles. The summed E-state index contributed by atoms with van der Waals surface area (Å²) in [4.78, 5) is 0. The zero-order chi connectivity index (χ0) is 13.3. The molecule has 18 heavy (non-hydrogen) atoms. The summed E-state index contributed by atoms with van der Waals surface area (Å²) < 4.78 is 39.8. The molecule has 0 aliphatic rings. The second-order valence-electron chi connectivity index (χ2n) is 3.48. The normalized spacial score (nSPS) is 11.2. The summed E-state index contributed by atoms with van der Waals surface area (Å²) in [5.41, 5.74) is -0.898. The Balaban J connectivity index is 2.63. The highest BCUT2D eigenvalue weighted by Gasteiger charge is 2.24. The molecule has 1 aromatic carbocycles. The molecule has 0 unspecified atom stereocenters. The number of rotatable bonds is 3. The third-order valence-electron chi connectivity index (χ3n) is 2.40. The maximum absolute atomic E-state index is 13.5. The second-order valence-corrected chi connectivity index (χ2v) is 3.83. The van der Waals surface area contributed by atoms with Crippen molar-refractivity contribution in [2.75, 3.05) is 0 Å². The molecule has 0 amide bonds. The van der Waals surface area contributed by atoms with E-state index in [0.717, 1.165) is 10.7 Å². The number of para-hydroxylation sites is 1. The lowest BCUT2D eigenvalue weighted by Gasteiger charge is -2.04. The molecule has 0 spiro atoms. The summed E-state index contributed by atoms with van der Waals surface area (Å²) in [6.07, 6.45) is -2.89. The van der Waals surface area contributed by atoms with E-state index in [4.69, 9.17) is 16.7 Å². The molecule has 0 aliphatic heterocycles. The molecule has 7 heteroatoms. The molecule has 2 aromatic rings. The molecule has 0 atom stereocenters. The monoisotopic (exact) mass is 276 g/mol. The van der Waals surface area contributed by atoms with Gasteiger partial charge in [-0.15, -0.1) is 0 Å². The molecule has 3 nitrogen and oxygen atoms in total. The van der Waals surface area contributed by atoms with E-state index in [9.17, 15) is 13.2 Å². The number of benzene rings is 1. The lowest BCUT2D eigenvalue weighted by Crippen LogP contribution is -2.00. The largest absolute Gasteiger partial charge is 0.391 e. The van der Waals surface area contributed by atoms with Crippen LogP contribution in [0, 0.1) is 5.82 Å². The zero-order valence-electron chi connectivity index (χ0n) is 8.95. The Morgan fingerprint density at radius 3 is 2.50 bits per heavy atom. The summed E-state index contributed by atoms with van der Waals surface area (Å²) in [6, 6.07) is 5.49. The molecule has 0 fully saturated rings. The summed E-state index contributed by atoms with van der Waals surface area (Å²) in [5, 5.41) is 12.3. The van der Waals surface area contributed by atoms with Gasteiger partial charge in [0.2, 0.25) is 0 Å². The fourth-order valence-electron chi connectivity index (χ4n) is 1.55. The maximum Gasteiger partial charge on any atom is 0.282 e. The summed E-state index contributed by atoms with van der Waals surface area (Å²) >= 11 is 5.82. The standard InChI is InChI=1S/C11H8ClF3N2O/c12-10-6(5-18)9(11(14)15)16-17(10)8-4-2-1-3-7(8)13/h1-4,11,18H,5H2. The summed E-state index contributed by atoms with van der Waals surface area (Å²) in [6.45, 7) is -0.688. The molecular weight excluding hydrogens is 269 g/mol. The van der Waals surface area contributed by atoms with Crippen LogP contribution >= 0.6 is 11.6 Å². The van der Waals surface area contributed by atoms with Crippen molar-refractivity contribution in [3.63, 3.8) is 0 Å². The van der Waals surface area contributed by atoms with Crippen LogP contribution in [0.4, 0.5) is 13.2 Å². The Morgan fingerprint density at radius 2 is 2.00 bits per heavy atom. The second kappa shape index (κ2) is 4.99. The molecule has 1 heterocycles. The van der Waals surface area contributed by atoms with Crippen molar-refractivity contribution in [1.29, 1.82) is 0 Å². The van der Waals surface area contributed by atoms with Gasteiger partial charge < -0.3 is 5.11 Å². The van der Waals surface area contributed by atoms with Crippen LogP contribution in [-0.4, -0.2) is 14.9 Å². The molecule has 96 valence electrons. The van der Waals surface area contributed by atoms with Gasteiger partial charge in [-0.05, 0) is 12.1 Å². The molecule has 2 rings (SSSR count). The summed E-state index contributed by atoms with van der Waals surface area (Å²) in [7, 11) is 0. The molecule has 0 bridgehead atoms. The van der Waals surface area contributed by atoms with E-state index in [0.29, 0.717) is 0 Å². The minimum absolute atomic E-state index is 0.0518. The number of aliphatic hydroxyl groups excluding tert-OH is 1. The van der Waals surface area contributed by atoms with Crippen LogP contribution in [0.5, 0.6) is 0 Å². The average molecular weight is 277 g/mol. The Hall–Kier alpha value is -1.53. The Labute approximate surface area is 105 Å². The van der Waals surface area contributed by atoms with Gasteiger partial charge >= 0.3 is 0 Å². The van der Waals surface area contributed by atoms with Gasteiger partial charge in [0.25, 0.3) is 6.43 Å². The smallest absolute Gasteiger partial charge is 0.282 e. The van der Waals surface area contributed by atoms with Crippen molar-refractivity contribution in [2.24, 2.45) is 0 Å². The predicted molar refractivity (Wildman–Crippen MR) is 59.4 cm³/mol. The van der Waals surface area contributed by atoms with Crippen molar-refractivity contribution < 1.29 is 18.3 Å². The van der Waals surface area contributed by atoms with Crippen molar-refractivity contribution in [1.82, 2.24) is 9.78 Å². The van der Waals surface area contributed by atoms with Crippen LogP contribution in [0.15, 0.2) is 24.3 Å². The van der Waals surface area contributed by atoms with Gasteiger partial charge in [-0.25, -0.2) is 17.9 Å². The van der Waals surface area contributed by atoms with Crippen LogP contribution in [0.1, 0.15) is 17.7 Å². The summed E-state index contributed by atoms with van der Waals surface area (Å²) in [5.74, 6) is -0.646. The number of alkyl halides is 2. The molecule has 0 saturated heterocycles. The third kappa shape index (κ3) is 2.09. The average Bonchev–Trinajstić information content (AvgIpc) is 2.67. The van der Waals surface area contributed by atoms with Gasteiger partial charge in [-0.3, -0.25) is 0 Å². The first-order valence-corrected chi connectivity index (χ1v) is 5.35. The Bertz CT molecular complexity index is 571. The number of nitrogens with zero attached hydrogens (tertiary/aromatic N) is 2. The van der Waals surface area contributed by atoms with Crippen LogP contribution in [0.3, 0.4) is 0 Å². The van der Waals surface area contributed by atoms with E-state index in [-0.39, 0.29) is 16.4 Å². The molecule has 1 N–H and O–H groups in total. The van der Waals surface area contributed by atoms with E-state index in [1.807, 2.05) is 0 Å². The minimum atomic E-state index is -2.89. The fourth-order valence-corrected chi connectivity index (χ4v) is 1.84. The van der Waals surface area contributed by atoms with Crippen LogP contribution in [-0.2, 0) is 6.61 Å². The van der Waals surface area contributed by atoms with Crippen LogP contribution in [0.25, 0.3) is 5.69 Å². The fraction of sp³-hybridized carbons (Fsp3) is 0.182. The first-order valence-electron chi connectivity index (χ1n) is 4.97. The maximum atomic E-state index is 13.5. The van der Waals surface area contributed by atoms with Gasteiger partial charge in [0.15, 0.2) is 0 Å². The van der Waals surface area contributed by atoms with E-state index in [2.05, 4.69) is 5.10 Å². The zero-order valence-corrected chi connectivity index (χ0v) is 9.70. The van der Waals surface area contributed by atoms with Gasteiger partial charge in [0.05, 0.1) is 6.61 Å². The van der Waals surface area contributed by atoms with E-state index >= 15 is 0 Å². The number of hydrogen-bond donors (Lipinski definition) is 1. The highest BCUT2D eigenvalue weighted by atomic mass is 35.5.